The standard InChI is InChI=1S/C32H39F2N3O5S/c1-3-22-6-4-7-23(14-22)19-35-20-31(38)30(17-24-15-26(33)18-27(34)16-24)36-32(39)25-9-11-29(12-10-25)43(40,41)37-13-5-8-28(37)21-42-2/h4,6-7,9-12,14-16,18,28,30-31,35,38H,3,5,8,13,17,19-21H2,1-2H3,(H,36,39)/t28-,30+,31-/m1/s1. The van der Waals surface area contributed by atoms with Gasteiger partial charge in [0.1, 0.15) is 11.6 Å². The van der Waals surface area contributed by atoms with Crippen molar-refractivity contribution in [2.45, 2.75) is 62.2 Å². The van der Waals surface area contributed by atoms with Crippen LogP contribution < -0.4 is 10.6 Å². The van der Waals surface area contributed by atoms with Crippen molar-refractivity contribution in [2.75, 3.05) is 26.8 Å². The summed E-state index contributed by atoms with van der Waals surface area (Å²) >= 11 is 0. The summed E-state index contributed by atoms with van der Waals surface area (Å²) in [6, 6.07) is 15.6. The van der Waals surface area contributed by atoms with Gasteiger partial charge in [-0.25, -0.2) is 17.2 Å². The fraction of sp³-hybridized carbons (Fsp3) is 0.406. The second-order valence-electron chi connectivity index (χ2n) is 10.8. The molecule has 0 radical (unpaired) electrons. The van der Waals surface area contributed by atoms with Crippen LogP contribution in [0.15, 0.2) is 71.6 Å². The van der Waals surface area contributed by atoms with Crippen LogP contribution in [0.5, 0.6) is 0 Å². The Balaban J connectivity index is 1.46. The van der Waals surface area contributed by atoms with Gasteiger partial charge in [-0.1, -0.05) is 31.2 Å². The number of amides is 1. The highest BCUT2D eigenvalue weighted by Gasteiger charge is 2.35. The summed E-state index contributed by atoms with van der Waals surface area (Å²) in [6.45, 7) is 3.36. The molecule has 0 aromatic heterocycles. The maximum Gasteiger partial charge on any atom is 0.251 e. The Hall–Kier alpha value is -3.22. The number of halogens is 2. The summed E-state index contributed by atoms with van der Waals surface area (Å²) in [6.07, 6.45) is 1.22. The summed E-state index contributed by atoms with van der Waals surface area (Å²) in [4.78, 5) is 13.3. The van der Waals surface area contributed by atoms with Crippen LogP contribution in [0.2, 0.25) is 0 Å². The first-order valence-corrected chi connectivity index (χ1v) is 15.9. The van der Waals surface area contributed by atoms with Crippen molar-refractivity contribution in [3.63, 3.8) is 0 Å². The van der Waals surface area contributed by atoms with Crippen LogP contribution in [0.25, 0.3) is 0 Å². The molecule has 1 aliphatic rings. The van der Waals surface area contributed by atoms with Crippen LogP contribution in [0.4, 0.5) is 8.78 Å². The lowest BCUT2D eigenvalue weighted by atomic mass is 10.00. The van der Waals surface area contributed by atoms with E-state index in [0.717, 1.165) is 36.6 Å². The van der Waals surface area contributed by atoms with E-state index in [-0.39, 0.29) is 35.0 Å². The summed E-state index contributed by atoms with van der Waals surface area (Å²) in [5.41, 5.74) is 2.68. The highest BCUT2D eigenvalue weighted by Crippen LogP contribution is 2.26. The smallest absolute Gasteiger partial charge is 0.251 e. The van der Waals surface area contributed by atoms with Gasteiger partial charge in [-0.3, -0.25) is 4.79 Å². The van der Waals surface area contributed by atoms with Crippen LogP contribution in [-0.4, -0.2) is 68.7 Å². The highest BCUT2D eigenvalue weighted by atomic mass is 32.2. The minimum absolute atomic E-state index is 0.0309. The lowest BCUT2D eigenvalue weighted by Gasteiger charge is -2.25. The monoisotopic (exact) mass is 615 g/mol. The number of carbonyl (C=O) groups excluding carboxylic acids is 1. The van der Waals surface area contributed by atoms with Crippen molar-refractivity contribution in [1.82, 2.24) is 14.9 Å². The van der Waals surface area contributed by atoms with E-state index in [9.17, 15) is 27.1 Å². The number of nitrogens with zero attached hydrogens (tertiary/aromatic N) is 1. The molecule has 0 spiro atoms. The number of ether oxygens (including phenoxy) is 1. The van der Waals surface area contributed by atoms with E-state index < -0.39 is 39.7 Å². The van der Waals surface area contributed by atoms with Gasteiger partial charge in [-0.2, -0.15) is 4.31 Å². The third-order valence-electron chi connectivity index (χ3n) is 7.65. The fourth-order valence-corrected chi connectivity index (χ4v) is 7.06. The van der Waals surface area contributed by atoms with Crippen molar-refractivity contribution in [1.29, 1.82) is 0 Å². The summed E-state index contributed by atoms with van der Waals surface area (Å²) in [5, 5.41) is 17.0. The Kier molecular flexibility index (Phi) is 11.4. The van der Waals surface area contributed by atoms with Gasteiger partial charge < -0.3 is 20.5 Å². The maximum atomic E-state index is 13.9. The molecule has 8 nitrogen and oxygen atoms in total. The molecule has 0 aliphatic carbocycles. The summed E-state index contributed by atoms with van der Waals surface area (Å²) in [7, 11) is -2.24. The molecule has 1 amide bonds. The molecule has 3 aromatic rings. The second-order valence-corrected chi connectivity index (χ2v) is 12.7. The van der Waals surface area contributed by atoms with Crippen LogP contribution in [0.3, 0.4) is 0 Å². The first-order valence-electron chi connectivity index (χ1n) is 14.4. The number of aliphatic hydroxyl groups is 1. The molecule has 3 N–H and O–H groups in total. The molecule has 0 bridgehead atoms. The quantitative estimate of drug-likeness (QED) is 0.255. The van der Waals surface area contributed by atoms with E-state index >= 15 is 0 Å². The Morgan fingerprint density at radius 1 is 1.05 bits per heavy atom. The molecule has 0 saturated carbocycles. The SMILES string of the molecule is CCc1cccc(CNC[C@@H](O)[C@H](Cc2cc(F)cc(F)c2)NC(=O)c2ccc(S(=O)(=O)N3CCC[C@@H]3COC)cc2)c1. The maximum absolute atomic E-state index is 13.9. The lowest BCUT2D eigenvalue weighted by molar-refractivity contribution is 0.0829. The summed E-state index contributed by atoms with van der Waals surface area (Å²) in [5.74, 6) is -2.07. The second kappa shape index (κ2) is 15.0. The predicted octanol–water partition coefficient (Wildman–Crippen LogP) is 3.82. The molecule has 1 fully saturated rings. The molecule has 232 valence electrons. The van der Waals surface area contributed by atoms with Gasteiger partial charge in [0.2, 0.25) is 10.0 Å². The molecule has 1 saturated heterocycles. The van der Waals surface area contributed by atoms with Crippen molar-refractivity contribution >= 4 is 15.9 Å². The van der Waals surface area contributed by atoms with Crippen LogP contribution in [0, 0.1) is 11.6 Å². The molecular formula is C32H39F2N3O5S. The number of benzene rings is 3. The van der Waals surface area contributed by atoms with Crippen LogP contribution in [0.1, 0.15) is 46.8 Å². The number of sulfonamides is 1. The molecule has 43 heavy (non-hydrogen) atoms. The lowest BCUT2D eigenvalue weighted by Crippen LogP contribution is -2.48. The number of rotatable bonds is 14. The van der Waals surface area contributed by atoms with Gasteiger partial charge in [-0.15, -0.1) is 0 Å². The van der Waals surface area contributed by atoms with Crippen molar-refractivity contribution in [3.05, 3.63) is 101 Å². The Labute approximate surface area is 252 Å². The highest BCUT2D eigenvalue weighted by molar-refractivity contribution is 7.89. The number of hydrogen-bond donors (Lipinski definition) is 3. The largest absolute Gasteiger partial charge is 0.390 e. The number of carbonyl (C=O) groups is 1. The zero-order valence-electron chi connectivity index (χ0n) is 24.4. The number of nitrogens with one attached hydrogen (secondary N) is 2. The third kappa shape index (κ3) is 8.67. The minimum atomic E-state index is -3.77. The van der Waals surface area contributed by atoms with Gasteiger partial charge in [0.05, 0.1) is 23.6 Å². The molecule has 1 heterocycles. The van der Waals surface area contributed by atoms with E-state index in [2.05, 4.69) is 23.6 Å². The van der Waals surface area contributed by atoms with Crippen LogP contribution in [-0.2, 0) is 34.1 Å². The third-order valence-corrected chi connectivity index (χ3v) is 9.61. The zero-order valence-corrected chi connectivity index (χ0v) is 25.2. The zero-order chi connectivity index (χ0) is 31.0. The van der Waals surface area contributed by atoms with Gasteiger partial charge in [0, 0.05) is 44.4 Å². The number of methoxy groups -OCH3 is 1. The number of aryl methyl sites for hydroxylation is 1. The van der Waals surface area contributed by atoms with Gasteiger partial charge in [0.25, 0.3) is 5.91 Å². The summed E-state index contributed by atoms with van der Waals surface area (Å²) < 4.78 is 60.9. The Morgan fingerprint density at radius 2 is 1.74 bits per heavy atom. The van der Waals surface area contributed by atoms with E-state index in [1.807, 2.05) is 18.2 Å². The van der Waals surface area contributed by atoms with Gasteiger partial charge >= 0.3 is 0 Å². The number of aliphatic hydroxyl groups excluding tert-OH is 1. The van der Waals surface area contributed by atoms with E-state index in [1.54, 1.807) is 0 Å². The molecule has 4 rings (SSSR count). The van der Waals surface area contributed by atoms with E-state index in [4.69, 9.17) is 4.74 Å². The topological polar surface area (TPSA) is 108 Å². The van der Waals surface area contributed by atoms with E-state index in [1.165, 1.54) is 41.2 Å². The normalized spacial score (nSPS) is 17.1. The Morgan fingerprint density at radius 3 is 2.42 bits per heavy atom. The minimum Gasteiger partial charge on any atom is -0.390 e. The fourth-order valence-electron chi connectivity index (χ4n) is 5.38. The van der Waals surface area contributed by atoms with Crippen LogP contribution >= 0.6 is 0 Å². The molecule has 3 aromatic carbocycles. The molecular weight excluding hydrogens is 576 g/mol. The first-order chi connectivity index (χ1) is 20.6. The predicted molar refractivity (Wildman–Crippen MR) is 160 cm³/mol. The van der Waals surface area contributed by atoms with Crippen molar-refractivity contribution in [3.8, 4) is 0 Å². The molecule has 1 aliphatic heterocycles. The first kappa shape index (κ1) is 32.7. The molecule has 0 unspecified atom stereocenters. The average Bonchev–Trinajstić information content (AvgIpc) is 3.46. The van der Waals surface area contributed by atoms with E-state index in [0.29, 0.717) is 26.1 Å². The number of hydrogen-bond acceptors (Lipinski definition) is 6. The Bertz CT molecular complexity index is 1470. The van der Waals surface area contributed by atoms with Crippen molar-refractivity contribution in [2.24, 2.45) is 0 Å². The molecule has 11 heteroatoms. The van der Waals surface area contributed by atoms with Gasteiger partial charge in [0.15, 0.2) is 0 Å². The molecule has 3 atom stereocenters. The average molecular weight is 616 g/mol. The van der Waals surface area contributed by atoms with Crippen molar-refractivity contribution < 1.29 is 31.8 Å². The van der Waals surface area contributed by atoms with Gasteiger partial charge in [-0.05, 0) is 78.8 Å².